The normalized spacial score (nSPS) is 12.2. The molecule has 2 aromatic rings. The third-order valence-electron chi connectivity index (χ3n) is 4.45. The fourth-order valence-electron chi connectivity index (χ4n) is 3.36. The van der Waals surface area contributed by atoms with Crippen LogP contribution in [-0.4, -0.2) is 0 Å². The van der Waals surface area contributed by atoms with Crippen LogP contribution in [0.4, 0.5) is 0 Å². The summed E-state index contributed by atoms with van der Waals surface area (Å²) in [7, 11) is 0. The van der Waals surface area contributed by atoms with Crippen molar-refractivity contribution in [1.82, 2.24) is 0 Å². The van der Waals surface area contributed by atoms with E-state index in [9.17, 15) is 0 Å². The highest BCUT2D eigenvalue weighted by Crippen LogP contribution is 2.37. The average molecular weight is 371 g/mol. The molecule has 0 aliphatic carbocycles. The maximum atomic E-state index is 4.94. The summed E-state index contributed by atoms with van der Waals surface area (Å²) in [6.45, 7) is 6.74. The molecule has 0 unspecified atom stereocenters. The molecular weight excluding hydrogens is 340 g/mol. The fraction of sp³-hybridized carbons (Fsp3) is 0.391. The van der Waals surface area contributed by atoms with Gasteiger partial charge in [0.2, 0.25) is 0 Å². The summed E-state index contributed by atoms with van der Waals surface area (Å²) in [4.78, 5) is 1.96. The first kappa shape index (κ1) is 20.2. The number of aryl methyl sites for hydroxylation is 3. The van der Waals surface area contributed by atoms with Crippen molar-refractivity contribution in [3.05, 3.63) is 70.3 Å². The van der Waals surface area contributed by atoms with Crippen molar-refractivity contribution < 1.29 is 0 Å². The molecule has 2 aromatic carbocycles. The fourth-order valence-corrected chi connectivity index (χ4v) is 4.04. The first-order valence-corrected chi connectivity index (χ1v) is 10.3. The minimum atomic E-state index is 0.960. The van der Waals surface area contributed by atoms with E-state index < -0.39 is 0 Å². The van der Waals surface area contributed by atoms with Gasteiger partial charge in [-0.15, -0.1) is 25.3 Å². The van der Waals surface area contributed by atoms with Gasteiger partial charge < -0.3 is 0 Å². The third kappa shape index (κ3) is 5.18. The van der Waals surface area contributed by atoms with E-state index in [4.69, 9.17) is 25.3 Å². The average Bonchev–Trinajstić information content (AvgIpc) is 2.62. The highest BCUT2D eigenvalue weighted by molar-refractivity contribution is 7.96. The first-order valence-electron chi connectivity index (χ1n) is 9.44. The molecular formula is C23H30S2. The van der Waals surface area contributed by atoms with E-state index >= 15 is 0 Å². The molecule has 134 valence electrons. The van der Waals surface area contributed by atoms with Gasteiger partial charge in [-0.25, -0.2) is 0 Å². The molecule has 0 bridgehead atoms. The molecule has 0 aliphatic rings. The van der Waals surface area contributed by atoms with Gasteiger partial charge in [0.25, 0.3) is 0 Å². The van der Waals surface area contributed by atoms with E-state index in [1.54, 1.807) is 0 Å². The van der Waals surface area contributed by atoms with Crippen LogP contribution in [0.2, 0.25) is 0 Å². The molecule has 0 atom stereocenters. The molecule has 0 aromatic heterocycles. The number of benzene rings is 2. The Balaban J connectivity index is 2.64. The van der Waals surface area contributed by atoms with Gasteiger partial charge >= 0.3 is 0 Å². The number of hydrogen-bond acceptors (Lipinski definition) is 2. The zero-order chi connectivity index (χ0) is 18.2. The van der Waals surface area contributed by atoms with Gasteiger partial charge in [0, 0.05) is 9.81 Å². The van der Waals surface area contributed by atoms with Gasteiger partial charge in [-0.2, -0.15) is 0 Å². The van der Waals surface area contributed by atoms with Gasteiger partial charge in [-0.1, -0.05) is 82.5 Å². The molecule has 0 fully saturated rings. The van der Waals surface area contributed by atoms with Gasteiger partial charge in [0.1, 0.15) is 0 Å². The zero-order valence-electron chi connectivity index (χ0n) is 15.7. The van der Waals surface area contributed by atoms with Gasteiger partial charge in [0.05, 0.1) is 0 Å². The maximum absolute atomic E-state index is 4.94. The van der Waals surface area contributed by atoms with Crippen molar-refractivity contribution in [2.45, 2.75) is 59.3 Å². The van der Waals surface area contributed by atoms with Crippen molar-refractivity contribution in [3.8, 4) is 0 Å². The van der Waals surface area contributed by atoms with Crippen LogP contribution in [0.25, 0.3) is 9.81 Å². The number of thiol groups is 2. The lowest BCUT2D eigenvalue weighted by atomic mass is 9.90. The second-order valence-corrected chi connectivity index (χ2v) is 7.50. The van der Waals surface area contributed by atoms with Crippen molar-refractivity contribution in [2.24, 2.45) is 0 Å². The van der Waals surface area contributed by atoms with Gasteiger partial charge in [0.15, 0.2) is 0 Å². The van der Waals surface area contributed by atoms with Crippen LogP contribution in [0.1, 0.15) is 67.9 Å². The standard InChI is InChI=1S/C23H30S2/c1-4-10-17-15-19(11-5-2)21(20(16-17)12-6-3)23(25)22(24)18-13-8-7-9-14-18/h7-9,13-16,24-25H,4-6,10-12H2,1-3H3/b23-22-. The predicted octanol–water partition coefficient (Wildman–Crippen LogP) is 7.23. The summed E-state index contributed by atoms with van der Waals surface area (Å²) in [6, 6.07) is 15.1. The summed E-state index contributed by atoms with van der Waals surface area (Å²) >= 11 is 9.77. The SMILES string of the molecule is CCCc1cc(CCC)c(/C(S)=C(/S)c2ccccc2)c(CCC)c1. The molecule has 2 rings (SSSR count). The Morgan fingerprint density at radius 1 is 0.720 bits per heavy atom. The summed E-state index contributed by atoms with van der Waals surface area (Å²) in [5, 5.41) is 0. The van der Waals surface area contributed by atoms with Crippen LogP contribution < -0.4 is 0 Å². The van der Waals surface area contributed by atoms with E-state index in [0.717, 1.165) is 47.5 Å². The lowest BCUT2D eigenvalue weighted by Gasteiger charge is -2.19. The number of hydrogen-bond donors (Lipinski definition) is 2. The Morgan fingerprint density at radius 2 is 1.24 bits per heavy atom. The van der Waals surface area contributed by atoms with Crippen LogP contribution in [0.15, 0.2) is 42.5 Å². The Hall–Kier alpha value is -1.12. The van der Waals surface area contributed by atoms with Crippen molar-refractivity contribution in [1.29, 1.82) is 0 Å². The molecule has 0 amide bonds. The minimum Gasteiger partial charge on any atom is -0.142 e. The number of rotatable bonds is 8. The Bertz CT molecular complexity index is 687. The van der Waals surface area contributed by atoms with Crippen molar-refractivity contribution in [2.75, 3.05) is 0 Å². The van der Waals surface area contributed by atoms with Crippen LogP contribution >= 0.6 is 25.3 Å². The third-order valence-corrected chi connectivity index (χ3v) is 5.55. The van der Waals surface area contributed by atoms with E-state index in [1.165, 1.54) is 28.7 Å². The molecule has 25 heavy (non-hydrogen) atoms. The van der Waals surface area contributed by atoms with Crippen LogP contribution in [-0.2, 0) is 19.3 Å². The topological polar surface area (TPSA) is 0 Å². The molecule has 2 heteroatoms. The lowest BCUT2D eigenvalue weighted by Crippen LogP contribution is -2.02. The second-order valence-electron chi connectivity index (χ2n) is 6.60. The molecule has 0 saturated carbocycles. The second kappa shape index (κ2) is 10.1. The highest BCUT2D eigenvalue weighted by Gasteiger charge is 2.15. The van der Waals surface area contributed by atoms with E-state index in [-0.39, 0.29) is 0 Å². The monoisotopic (exact) mass is 370 g/mol. The summed E-state index contributed by atoms with van der Waals surface area (Å²) in [5.74, 6) is 0. The van der Waals surface area contributed by atoms with Crippen LogP contribution in [0.3, 0.4) is 0 Å². The largest absolute Gasteiger partial charge is 0.142 e. The molecule has 0 aliphatic heterocycles. The quantitative estimate of drug-likeness (QED) is 0.355. The smallest absolute Gasteiger partial charge is 0.0258 e. The van der Waals surface area contributed by atoms with Gasteiger partial charge in [-0.05, 0) is 47.1 Å². The Morgan fingerprint density at radius 3 is 1.72 bits per heavy atom. The first-order chi connectivity index (χ1) is 12.1. The Kier molecular flexibility index (Phi) is 8.18. The summed E-state index contributed by atoms with van der Waals surface area (Å²) in [6.07, 6.45) is 6.78. The highest BCUT2D eigenvalue weighted by atomic mass is 32.1. The van der Waals surface area contributed by atoms with E-state index in [0.29, 0.717) is 0 Å². The minimum absolute atomic E-state index is 0.960. The molecule has 0 heterocycles. The molecule has 0 saturated heterocycles. The molecule has 0 N–H and O–H groups in total. The molecule has 0 nitrogen and oxygen atoms in total. The Labute approximate surface area is 164 Å². The zero-order valence-corrected chi connectivity index (χ0v) is 17.5. The summed E-state index contributed by atoms with van der Waals surface area (Å²) < 4.78 is 0. The summed E-state index contributed by atoms with van der Waals surface area (Å²) in [5.41, 5.74) is 6.73. The molecule has 0 spiro atoms. The van der Waals surface area contributed by atoms with E-state index in [1.807, 2.05) is 6.07 Å². The van der Waals surface area contributed by atoms with Gasteiger partial charge in [-0.3, -0.25) is 0 Å². The molecule has 0 radical (unpaired) electrons. The lowest BCUT2D eigenvalue weighted by molar-refractivity contribution is 0.867. The maximum Gasteiger partial charge on any atom is 0.0258 e. The predicted molar refractivity (Wildman–Crippen MR) is 120 cm³/mol. The van der Waals surface area contributed by atoms with Crippen LogP contribution in [0.5, 0.6) is 0 Å². The van der Waals surface area contributed by atoms with Crippen molar-refractivity contribution in [3.63, 3.8) is 0 Å². The van der Waals surface area contributed by atoms with Crippen molar-refractivity contribution >= 4 is 35.1 Å². The van der Waals surface area contributed by atoms with E-state index in [2.05, 4.69) is 57.2 Å². The van der Waals surface area contributed by atoms with Crippen LogP contribution in [0, 0.1) is 0 Å².